The zero-order valence-electron chi connectivity index (χ0n) is 14.4. The van der Waals surface area contributed by atoms with Crippen LogP contribution >= 0.6 is 27.3 Å². The van der Waals surface area contributed by atoms with Gasteiger partial charge in [-0.3, -0.25) is 9.69 Å². The average Bonchev–Trinajstić information content (AvgIpc) is 3.34. The largest absolute Gasteiger partial charge is 0.376 e. The van der Waals surface area contributed by atoms with Crippen LogP contribution in [0.2, 0.25) is 0 Å². The Balaban J connectivity index is 1.70. The van der Waals surface area contributed by atoms with E-state index in [1.54, 1.807) is 29.2 Å². The molecule has 0 N–H and O–H groups in total. The van der Waals surface area contributed by atoms with Crippen molar-refractivity contribution >= 4 is 48.5 Å². The van der Waals surface area contributed by atoms with Gasteiger partial charge >= 0.3 is 0 Å². The highest BCUT2D eigenvalue weighted by atomic mass is 79.9. The topological polar surface area (TPSA) is 66.2 Å². The molecule has 2 heterocycles. The smallest absolute Gasteiger partial charge is 0.260 e. The second kappa shape index (κ2) is 7.77. The van der Waals surface area contributed by atoms with Crippen molar-refractivity contribution in [1.29, 1.82) is 5.26 Å². The van der Waals surface area contributed by atoms with E-state index in [-0.39, 0.29) is 12.0 Å². The fourth-order valence-corrected chi connectivity index (χ4v) is 4.61. The number of nitriles is 1. The lowest BCUT2D eigenvalue weighted by Crippen LogP contribution is -2.37. The molecule has 1 fully saturated rings. The standard InChI is InChI=1S/C20H16BrN3O2S/c21-15-7-8-17-18(10-15)27-20(23-17)24(12-16-2-1-9-26-16)19(25)14-5-3-13(11-22)4-6-14/h3-8,10,16H,1-2,9,12H2. The maximum atomic E-state index is 13.2. The summed E-state index contributed by atoms with van der Waals surface area (Å²) in [7, 11) is 0. The zero-order chi connectivity index (χ0) is 18.8. The van der Waals surface area contributed by atoms with Crippen LogP contribution in [0.15, 0.2) is 46.9 Å². The molecule has 0 radical (unpaired) electrons. The van der Waals surface area contributed by atoms with Gasteiger partial charge in [-0.15, -0.1) is 0 Å². The number of thiazole rings is 1. The molecule has 5 nitrogen and oxygen atoms in total. The summed E-state index contributed by atoms with van der Waals surface area (Å²) in [6.07, 6.45) is 1.97. The minimum Gasteiger partial charge on any atom is -0.376 e. The number of rotatable bonds is 4. The van der Waals surface area contributed by atoms with Crippen molar-refractivity contribution in [3.05, 3.63) is 58.1 Å². The van der Waals surface area contributed by atoms with Crippen molar-refractivity contribution in [3.63, 3.8) is 0 Å². The van der Waals surface area contributed by atoms with E-state index in [1.807, 2.05) is 18.2 Å². The molecule has 7 heteroatoms. The molecule has 4 rings (SSSR count). The minimum atomic E-state index is -0.131. The van der Waals surface area contributed by atoms with Gasteiger partial charge in [-0.25, -0.2) is 4.98 Å². The van der Waals surface area contributed by atoms with E-state index in [4.69, 9.17) is 10.00 Å². The molecule has 27 heavy (non-hydrogen) atoms. The first-order chi connectivity index (χ1) is 13.1. The fraction of sp³-hybridized carbons (Fsp3) is 0.250. The summed E-state index contributed by atoms with van der Waals surface area (Å²) >= 11 is 4.97. The van der Waals surface area contributed by atoms with Crippen LogP contribution in [0.1, 0.15) is 28.8 Å². The first kappa shape index (κ1) is 18.1. The number of fused-ring (bicyclic) bond motifs is 1. The molecule has 0 spiro atoms. The van der Waals surface area contributed by atoms with Gasteiger partial charge in [0.25, 0.3) is 5.91 Å². The maximum absolute atomic E-state index is 13.2. The third-order valence-corrected chi connectivity index (χ3v) is 6.02. The lowest BCUT2D eigenvalue weighted by Gasteiger charge is -2.23. The number of benzene rings is 2. The fourth-order valence-electron chi connectivity index (χ4n) is 3.08. The average molecular weight is 442 g/mol. The van der Waals surface area contributed by atoms with E-state index in [0.29, 0.717) is 22.8 Å². The van der Waals surface area contributed by atoms with Crippen molar-refractivity contribution in [3.8, 4) is 6.07 Å². The Labute approximate surface area is 169 Å². The Hall–Kier alpha value is -2.27. The number of nitrogens with zero attached hydrogens (tertiary/aromatic N) is 3. The van der Waals surface area contributed by atoms with Crippen molar-refractivity contribution in [2.24, 2.45) is 0 Å². The second-order valence-corrected chi connectivity index (χ2v) is 8.27. The van der Waals surface area contributed by atoms with Gasteiger partial charge in [-0.1, -0.05) is 27.3 Å². The monoisotopic (exact) mass is 441 g/mol. The summed E-state index contributed by atoms with van der Waals surface area (Å²) < 4.78 is 7.75. The molecular formula is C20H16BrN3O2S. The second-order valence-electron chi connectivity index (χ2n) is 6.35. The lowest BCUT2D eigenvalue weighted by atomic mass is 10.1. The molecule has 3 aromatic rings. The lowest BCUT2D eigenvalue weighted by molar-refractivity contribution is 0.0917. The van der Waals surface area contributed by atoms with Gasteiger partial charge in [-0.2, -0.15) is 5.26 Å². The van der Waals surface area contributed by atoms with Crippen LogP contribution in [0.3, 0.4) is 0 Å². The van der Waals surface area contributed by atoms with Crippen LogP contribution in [0.4, 0.5) is 5.13 Å². The van der Waals surface area contributed by atoms with Crippen molar-refractivity contribution in [2.45, 2.75) is 18.9 Å². The third kappa shape index (κ3) is 3.88. The molecule has 136 valence electrons. The van der Waals surface area contributed by atoms with Gasteiger partial charge in [0.2, 0.25) is 0 Å². The summed E-state index contributed by atoms with van der Waals surface area (Å²) in [6, 6.07) is 14.7. The molecule has 2 aromatic carbocycles. The number of halogens is 1. The summed E-state index contributed by atoms with van der Waals surface area (Å²) in [4.78, 5) is 19.6. The van der Waals surface area contributed by atoms with Crippen molar-refractivity contribution < 1.29 is 9.53 Å². The number of ether oxygens (including phenoxy) is 1. The molecule has 1 aliphatic heterocycles. The van der Waals surface area contributed by atoms with Crippen molar-refractivity contribution in [2.75, 3.05) is 18.1 Å². The number of carbonyl (C=O) groups excluding carboxylic acids is 1. The van der Waals surface area contributed by atoms with Crippen LogP contribution in [-0.4, -0.2) is 30.1 Å². The van der Waals surface area contributed by atoms with Gasteiger partial charge in [0.1, 0.15) is 0 Å². The molecular weight excluding hydrogens is 426 g/mol. The van der Waals surface area contributed by atoms with E-state index < -0.39 is 0 Å². The highest BCUT2D eigenvalue weighted by Crippen LogP contribution is 2.32. The summed E-state index contributed by atoms with van der Waals surface area (Å²) in [5.41, 5.74) is 1.93. The van der Waals surface area contributed by atoms with Gasteiger partial charge in [0, 0.05) is 16.6 Å². The highest BCUT2D eigenvalue weighted by molar-refractivity contribution is 9.10. The van der Waals surface area contributed by atoms with Crippen LogP contribution in [0.5, 0.6) is 0 Å². The normalized spacial score (nSPS) is 16.4. The van der Waals surface area contributed by atoms with Crippen LogP contribution in [0.25, 0.3) is 10.2 Å². The quantitative estimate of drug-likeness (QED) is 0.585. The number of anilines is 1. The van der Waals surface area contributed by atoms with Gasteiger partial charge in [-0.05, 0) is 55.3 Å². The first-order valence-corrected chi connectivity index (χ1v) is 10.2. The van der Waals surface area contributed by atoms with E-state index in [1.165, 1.54) is 11.3 Å². The molecule has 0 aliphatic carbocycles. The predicted octanol–water partition coefficient (Wildman–Crippen LogP) is 4.76. The number of hydrogen-bond donors (Lipinski definition) is 0. The Morgan fingerprint density at radius 1 is 1.33 bits per heavy atom. The molecule has 0 bridgehead atoms. The van der Waals surface area contributed by atoms with Gasteiger partial charge in [0.15, 0.2) is 5.13 Å². The maximum Gasteiger partial charge on any atom is 0.260 e. The predicted molar refractivity (Wildman–Crippen MR) is 109 cm³/mol. The summed E-state index contributed by atoms with van der Waals surface area (Å²) in [6.45, 7) is 1.20. The molecule has 1 unspecified atom stereocenters. The molecule has 1 atom stereocenters. The SMILES string of the molecule is N#Cc1ccc(C(=O)N(CC2CCCO2)c2nc3ccc(Br)cc3s2)cc1. The van der Waals surface area contributed by atoms with Crippen LogP contribution in [0, 0.1) is 11.3 Å². The van der Waals surface area contributed by atoms with E-state index in [0.717, 1.165) is 34.1 Å². The highest BCUT2D eigenvalue weighted by Gasteiger charge is 2.27. The number of hydrogen-bond acceptors (Lipinski definition) is 5. The first-order valence-electron chi connectivity index (χ1n) is 8.64. The Bertz CT molecular complexity index is 1020. The number of aromatic nitrogens is 1. The van der Waals surface area contributed by atoms with E-state index in [2.05, 4.69) is 27.0 Å². The van der Waals surface area contributed by atoms with Crippen molar-refractivity contribution in [1.82, 2.24) is 4.98 Å². The Kier molecular flexibility index (Phi) is 5.21. The molecule has 0 saturated carbocycles. The molecule has 1 saturated heterocycles. The van der Waals surface area contributed by atoms with E-state index >= 15 is 0 Å². The molecule has 1 aliphatic rings. The zero-order valence-corrected chi connectivity index (χ0v) is 16.8. The summed E-state index contributed by atoms with van der Waals surface area (Å²) in [5, 5.41) is 9.63. The van der Waals surface area contributed by atoms with Crippen LogP contribution < -0.4 is 4.90 Å². The van der Waals surface area contributed by atoms with Gasteiger partial charge < -0.3 is 4.74 Å². The third-order valence-electron chi connectivity index (χ3n) is 4.49. The van der Waals surface area contributed by atoms with Crippen LogP contribution in [-0.2, 0) is 4.74 Å². The number of amides is 1. The molecule has 1 amide bonds. The number of carbonyl (C=O) groups is 1. The Morgan fingerprint density at radius 2 is 2.15 bits per heavy atom. The summed E-state index contributed by atoms with van der Waals surface area (Å²) in [5.74, 6) is -0.131. The van der Waals surface area contributed by atoms with E-state index in [9.17, 15) is 4.79 Å². The Morgan fingerprint density at radius 3 is 2.85 bits per heavy atom. The minimum absolute atomic E-state index is 0.0195. The van der Waals surface area contributed by atoms with Gasteiger partial charge in [0.05, 0.1) is 34.5 Å². The molecule has 1 aromatic heterocycles.